The summed E-state index contributed by atoms with van der Waals surface area (Å²) in [4.78, 5) is 27.8. The van der Waals surface area contributed by atoms with E-state index in [9.17, 15) is 18.4 Å². The van der Waals surface area contributed by atoms with Crippen LogP contribution in [0.5, 0.6) is 5.75 Å². The van der Waals surface area contributed by atoms with Crippen LogP contribution >= 0.6 is 0 Å². The van der Waals surface area contributed by atoms with E-state index in [-0.39, 0.29) is 38.9 Å². The molecule has 35 heavy (non-hydrogen) atoms. The van der Waals surface area contributed by atoms with Crippen LogP contribution in [0.4, 0.5) is 8.78 Å². The molecule has 10 heteroatoms. The number of morpholine rings is 1. The van der Waals surface area contributed by atoms with E-state index < -0.39 is 29.3 Å². The van der Waals surface area contributed by atoms with Gasteiger partial charge in [-0.05, 0) is 0 Å². The second-order valence-electron chi connectivity index (χ2n) is 8.53. The molecule has 0 bridgehead atoms. The third-order valence-corrected chi connectivity index (χ3v) is 9.09. The standard InChI is InChI=1S/C25H21F2N3O4Se/c1-33-24-19(31)6-7-29-23(24)25(32)28-8-9-34-12-21(28)30(29)22-15-4-2-3-5-20(15)35-13-14-10-17(26)18(27)11-16(14)22/h2-7,10-11,21-22H,8-9,12-13H2,1H3/t21-,22-/m1/s1. The normalized spacial score (nSPS) is 20.9. The Hall–Kier alpha value is -3.20. The molecular formula is C25H21F2N3O4Se. The van der Waals surface area contributed by atoms with Crippen molar-refractivity contribution in [2.24, 2.45) is 0 Å². The van der Waals surface area contributed by atoms with Gasteiger partial charge in [0.15, 0.2) is 0 Å². The van der Waals surface area contributed by atoms with Crippen LogP contribution in [0.1, 0.15) is 33.2 Å². The Bertz CT molecular complexity index is 1410. The quantitative estimate of drug-likeness (QED) is 0.458. The van der Waals surface area contributed by atoms with Gasteiger partial charge in [0.1, 0.15) is 0 Å². The summed E-state index contributed by atoms with van der Waals surface area (Å²) in [6.45, 7) is 0.911. The number of pyridine rings is 1. The first-order valence-electron chi connectivity index (χ1n) is 11.2. The number of ether oxygens (including phenoxy) is 2. The average molecular weight is 544 g/mol. The molecular weight excluding hydrogens is 523 g/mol. The van der Waals surface area contributed by atoms with Crippen molar-refractivity contribution in [3.05, 3.63) is 92.9 Å². The fraction of sp³-hybridized carbons (Fsp3) is 0.280. The first-order valence-corrected chi connectivity index (χ1v) is 13.2. The summed E-state index contributed by atoms with van der Waals surface area (Å²) in [5.41, 5.74) is 1.99. The van der Waals surface area contributed by atoms with Crippen molar-refractivity contribution >= 4 is 25.3 Å². The maximum atomic E-state index is 14.7. The van der Waals surface area contributed by atoms with Crippen LogP contribution < -0.4 is 19.6 Å². The van der Waals surface area contributed by atoms with Crippen molar-refractivity contribution < 1.29 is 23.0 Å². The summed E-state index contributed by atoms with van der Waals surface area (Å²) in [6.07, 6.45) is 1.02. The van der Waals surface area contributed by atoms with Crippen LogP contribution in [0.15, 0.2) is 53.5 Å². The molecule has 4 heterocycles. The first kappa shape index (κ1) is 22.3. The fourth-order valence-corrected chi connectivity index (χ4v) is 7.42. The summed E-state index contributed by atoms with van der Waals surface area (Å²) < 4.78 is 42.9. The molecule has 0 spiro atoms. The zero-order valence-electron chi connectivity index (χ0n) is 18.7. The third-order valence-electron chi connectivity index (χ3n) is 6.70. The van der Waals surface area contributed by atoms with E-state index in [0.717, 1.165) is 15.6 Å². The van der Waals surface area contributed by atoms with Crippen LogP contribution in [0.2, 0.25) is 0 Å². The zero-order valence-corrected chi connectivity index (χ0v) is 20.5. The van der Waals surface area contributed by atoms with Crippen LogP contribution in [0.3, 0.4) is 0 Å². The van der Waals surface area contributed by atoms with E-state index in [1.54, 1.807) is 15.8 Å². The predicted octanol–water partition coefficient (Wildman–Crippen LogP) is 1.52. The molecule has 3 aliphatic heterocycles. The Morgan fingerprint density at radius 3 is 2.71 bits per heavy atom. The molecule has 2 aromatic carbocycles. The van der Waals surface area contributed by atoms with E-state index in [2.05, 4.69) is 0 Å². The SMILES string of the molecule is COc1c2n(ccc1=O)N([C@H]1c3cc(F)c(F)cc3C[Se]c3ccccc31)[C@@H]1COCCN1C2=O. The number of carbonyl (C=O) groups excluding carboxylic acids is 1. The number of halogens is 2. The minimum absolute atomic E-state index is 0.0111. The van der Waals surface area contributed by atoms with Crippen molar-refractivity contribution in [3.63, 3.8) is 0 Å². The summed E-state index contributed by atoms with van der Waals surface area (Å²) >= 11 is -0.0111. The minimum atomic E-state index is -0.928. The number of methoxy groups -OCH3 is 1. The average Bonchev–Trinajstić information content (AvgIpc) is 3.02. The molecule has 1 saturated heterocycles. The molecule has 7 nitrogen and oxygen atoms in total. The molecule has 0 saturated carbocycles. The van der Waals surface area contributed by atoms with E-state index in [0.29, 0.717) is 24.0 Å². The number of amides is 1. The molecule has 180 valence electrons. The summed E-state index contributed by atoms with van der Waals surface area (Å²) in [6, 6.07) is 11.2. The van der Waals surface area contributed by atoms with Crippen molar-refractivity contribution in [1.82, 2.24) is 9.58 Å². The number of rotatable bonds is 2. The van der Waals surface area contributed by atoms with Crippen molar-refractivity contribution in [2.45, 2.75) is 17.5 Å². The van der Waals surface area contributed by atoms with Crippen LogP contribution in [-0.2, 0) is 10.1 Å². The fourth-order valence-electron chi connectivity index (χ4n) is 5.15. The summed E-state index contributed by atoms with van der Waals surface area (Å²) in [7, 11) is 1.36. The van der Waals surface area contributed by atoms with Gasteiger partial charge in [-0.3, -0.25) is 0 Å². The van der Waals surface area contributed by atoms with Gasteiger partial charge in [0, 0.05) is 0 Å². The first-order chi connectivity index (χ1) is 17.0. The number of carbonyl (C=O) groups is 1. The van der Waals surface area contributed by atoms with Gasteiger partial charge in [-0.2, -0.15) is 0 Å². The number of aromatic nitrogens is 1. The Kier molecular flexibility index (Phi) is 5.40. The van der Waals surface area contributed by atoms with Gasteiger partial charge in [-0.25, -0.2) is 0 Å². The van der Waals surface area contributed by atoms with Gasteiger partial charge in [-0.15, -0.1) is 0 Å². The Morgan fingerprint density at radius 2 is 1.89 bits per heavy atom. The number of benzene rings is 2. The molecule has 0 aliphatic carbocycles. The topological polar surface area (TPSA) is 64.0 Å². The third kappa shape index (κ3) is 3.39. The van der Waals surface area contributed by atoms with Crippen molar-refractivity contribution in [1.29, 1.82) is 0 Å². The summed E-state index contributed by atoms with van der Waals surface area (Å²) in [5.74, 6) is -2.19. The molecule has 1 amide bonds. The second kappa shape index (κ2) is 8.48. The molecule has 1 fully saturated rings. The number of nitrogens with zero attached hydrogens (tertiary/aromatic N) is 3. The number of hydrogen-bond donors (Lipinski definition) is 0. The van der Waals surface area contributed by atoms with Gasteiger partial charge in [0.25, 0.3) is 0 Å². The van der Waals surface area contributed by atoms with Gasteiger partial charge in [0.2, 0.25) is 0 Å². The van der Waals surface area contributed by atoms with E-state index in [1.807, 2.05) is 29.3 Å². The Labute approximate surface area is 206 Å². The van der Waals surface area contributed by atoms with Crippen LogP contribution in [0, 0.1) is 11.6 Å². The van der Waals surface area contributed by atoms with E-state index in [1.165, 1.54) is 25.3 Å². The molecule has 2 atom stereocenters. The van der Waals surface area contributed by atoms with Gasteiger partial charge in [0.05, 0.1) is 0 Å². The number of hydrogen-bond acceptors (Lipinski definition) is 5. The molecule has 3 aliphatic rings. The van der Waals surface area contributed by atoms with Crippen molar-refractivity contribution in [3.8, 4) is 5.75 Å². The summed E-state index contributed by atoms with van der Waals surface area (Å²) in [5, 5.41) is 2.54. The Balaban J connectivity index is 1.67. The number of fused-ring (bicyclic) bond motifs is 4. The van der Waals surface area contributed by atoms with E-state index in [4.69, 9.17) is 9.47 Å². The molecule has 6 rings (SSSR count). The van der Waals surface area contributed by atoms with E-state index >= 15 is 0 Å². The molecule has 0 radical (unpaired) electrons. The van der Waals surface area contributed by atoms with Gasteiger partial charge >= 0.3 is 206 Å². The monoisotopic (exact) mass is 545 g/mol. The Morgan fingerprint density at radius 1 is 1.09 bits per heavy atom. The van der Waals surface area contributed by atoms with Gasteiger partial charge < -0.3 is 0 Å². The predicted molar refractivity (Wildman–Crippen MR) is 125 cm³/mol. The maximum absolute atomic E-state index is 14.7. The van der Waals surface area contributed by atoms with Gasteiger partial charge in [-0.1, -0.05) is 0 Å². The molecule has 3 aromatic rings. The molecule has 0 N–H and O–H groups in total. The van der Waals surface area contributed by atoms with Crippen LogP contribution in [0.25, 0.3) is 0 Å². The second-order valence-corrected chi connectivity index (χ2v) is 10.7. The molecule has 1 aromatic heterocycles. The van der Waals surface area contributed by atoms with Crippen LogP contribution in [-0.4, -0.2) is 63.5 Å². The molecule has 0 unspecified atom stereocenters. The van der Waals surface area contributed by atoms with Crippen molar-refractivity contribution in [2.75, 3.05) is 31.9 Å². The zero-order chi connectivity index (χ0) is 24.3.